The van der Waals surface area contributed by atoms with Gasteiger partial charge in [0.1, 0.15) is 0 Å². The molecule has 0 aliphatic carbocycles. The molecule has 1 aliphatic heterocycles. The van der Waals surface area contributed by atoms with Crippen LogP contribution in [0.25, 0.3) is 0 Å². The van der Waals surface area contributed by atoms with Crippen LogP contribution in [0.15, 0.2) is 0 Å². The highest BCUT2D eigenvalue weighted by molar-refractivity contribution is 4.75. The Bertz CT molecular complexity index is 377. The number of rotatable bonds is 22. The molecule has 0 aromatic rings. The molecule has 0 amide bonds. The highest BCUT2D eigenvalue weighted by Crippen LogP contribution is 2.24. The van der Waals surface area contributed by atoms with Gasteiger partial charge in [-0.05, 0) is 50.4 Å². The molecule has 2 nitrogen and oxygen atoms in total. The van der Waals surface area contributed by atoms with Gasteiger partial charge in [0.2, 0.25) is 0 Å². The molecule has 1 heterocycles. The van der Waals surface area contributed by atoms with E-state index in [9.17, 15) is 0 Å². The van der Waals surface area contributed by atoms with Crippen molar-refractivity contribution in [3.63, 3.8) is 0 Å². The molecule has 1 rings (SSSR count). The van der Waals surface area contributed by atoms with Gasteiger partial charge in [0.25, 0.3) is 0 Å². The normalized spacial score (nSPS) is 17.6. The molecule has 1 saturated heterocycles. The lowest BCUT2D eigenvalue weighted by molar-refractivity contribution is 0.00124. The maximum absolute atomic E-state index is 6.35. The summed E-state index contributed by atoms with van der Waals surface area (Å²) >= 11 is 0. The Morgan fingerprint density at radius 3 is 1.75 bits per heavy atom. The summed E-state index contributed by atoms with van der Waals surface area (Å²) in [6.07, 6.45) is 26.8. The van der Waals surface area contributed by atoms with Gasteiger partial charge in [0.15, 0.2) is 0 Å². The number of nitrogens with zero attached hydrogens (tertiary/aromatic N) is 1. The average molecular weight is 452 g/mol. The lowest BCUT2D eigenvalue weighted by atomic mass is 9.91. The fraction of sp³-hybridized carbons (Fsp3) is 1.00. The zero-order chi connectivity index (χ0) is 23.3. The van der Waals surface area contributed by atoms with Crippen LogP contribution in [0.5, 0.6) is 0 Å². The fourth-order valence-electron chi connectivity index (χ4n) is 5.53. The van der Waals surface area contributed by atoms with Crippen molar-refractivity contribution in [2.45, 2.75) is 156 Å². The third-order valence-electron chi connectivity index (χ3n) is 7.77. The second-order valence-corrected chi connectivity index (χ2v) is 10.9. The van der Waals surface area contributed by atoms with Gasteiger partial charge in [0, 0.05) is 26.2 Å². The topological polar surface area (TPSA) is 12.5 Å². The number of hydrogen-bond donors (Lipinski definition) is 0. The molecule has 2 atom stereocenters. The zero-order valence-corrected chi connectivity index (χ0v) is 22.9. The molecule has 0 bridgehead atoms. The summed E-state index contributed by atoms with van der Waals surface area (Å²) in [5.41, 5.74) is 0. The standard InChI is InChI=1S/C30H61NO/c1-5-9-13-15-20-29(18-12-8-4)27-31-24-22-30(23-25-31)32-26-16-21-28(17-11-7-3)19-14-10-6-2/h28-30H,5-27H2,1-4H3. The van der Waals surface area contributed by atoms with Crippen LogP contribution in [0.4, 0.5) is 0 Å². The van der Waals surface area contributed by atoms with E-state index in [-0.39, 0.29) is 0 Å². The molecule has 32 heavy (non-hydrogen) atoms. The zero-order valence-electron chi connectivity index (χ0n) is 22.9. The van der Waals surface area contributed by atoms with Gasteiger partial charge < -0.3 is 9.64 Å². The molecular formula is C30H61NO. The smallest absolute Gasteiger partial charge is 0.0599 e. The van der Waals surface area contributed by atoms with E-state index < -0.39 is 0 Å². The van der Waals surface area contributed by atoms with Gasteiger partial charge in [0.05, 0.1) is 6.10 Å². The van der Waals surface area contributed by atoms with E-state index in [0.29, 0.717) is 6.10 Å². The maximum Gasteiger partial charge on any atom is 0.0599 e. The molecule has 2 unspecified atom stereocenters. The van der Waals surface area contributed by atoms with E-state index in [1.807, 2.05) is 0 Å². The molecule has 1 fully saturated rings. The van der Waals surface area contributed by atoms with Crippen molar-refractivity contribution in [1.29, 1.82) is 0 Å². The largest absolute Gasteiger partial charge is 0.378 e. The third-order valence-corrected chi connectivity index (χ3v) is 7.77. The van der Waals surface area contributed by atoms with Crippen LogP contribution in [0.2, 0.25) is 0 Å². The molecule has 2 heteroatoms. The van der Waals surface area contributed by atoms with Gasteiger partial charge >= 0.3 is 0 Å². The van der Waals surface area contributed by atoms with E-state index in [1.54, 1.807) is 0 Å². The van der Waals surface area contributed by atoms with Crippen molar-refractivity contribution < 1.29 is 4.74 Å². The summed E-state index contributed by atoms with van der Waals surface area (Å²) in [6.45, 7) is 14.2. The predicted molar refractivity (Wildman–Crippen MR) is 144 cm³/mol. The Labute approximate surface area is 203 Å². The van der Waals surface area contributed by atoms with Crippen molar-refractivity contribution in [3.8, 4) is 0 Å². The minimum atomic E-state index is 0.527. The van der Waals surface area contributed by atoms with Gasteiger partial charge in [-0.1, -0.05) is 111 Å². The summed E-state index contributed by atoms with van der Waals surface area (Å²) in [4.78, 5) is 2.76. The number of unbranched alkanes of at least 4 members (excludes halogenated alkanes) is 7. The molecule has 0 N–H and O–H groups in total. The number of ether oxygens (including phenoxy) is 1. The minimum Gasteiger partial charge on any atom is -0.378 e. The summed E-state index contributed by atoms with van der Waals surface area (Å²) in [5.74, 6) is 1.88. The summed E-state index contributed by atoms with van der Waals surface area (Å²) in [6, 6.07) is 0. The van der Waals surface area contributed by atoms with Gasteiger partial charge in [-0.25, -0.2) is 0 Å². The second kappa shape index (κ2) is 21.5. The van der Waals surface area contributed by atoms with Crippen LogP contribution >= 0.6 is 0 Å². The lowest BCUT2D eigenvalue weighted by Crippen LogP contribution is -2.39. The highest BCUT2D eigenvalue weighted by atomic mass is 16.5. The first-order valence-electron chi connectivity index (χ1n) is 15.1. The Balaban J connectivity index is 2.20. The first-order valence-corrected chi connectivity index (χ1v) is 15.1. The van der Waals surface area contributed by atoms with Crippen molar-refractivity contribution in [1.82, 2.24) is 4.90 Å². The first-order chi connectivity index (χ1) is 15.7. The molecular weight excluding hydrogens is 390 g/mol. The molecule has 0 saturated carbocycles. The Morgan fingerprint density at radius 1 is 0.594 bits per heavy atom. The summed E-state index contributed by atoms with van der Waals surface area (Å²) in [7, 11) is 0. The van der Waals surface area contributed by atoms with Crippen molar-refractivity contribution >= 4 is 0 Å². The van der Waals surface area contributed by atoms with E-state index in [1.165, 1.54) is 142 Å². The molecule has 1 aliphatic rings. The number of hydrogen-bond acceptors (Lipinski definition) is 2. The van der Waals surface area contributed by atoms with Gasteiger partial charge in [-0.2, -0.15) is 0 Å². The molecule has 192 valence electrons. The molecule has 0 spiro atoms. The monoisotopic (exact) mass is 451 g/mol. The van der Waals surface area contributed by atoms with Gasteiger partial charge in [-0.15, -0.1) is 0 Å². The average Bonchev–Trinajstić information content (AvgIpc) is 2.81. The van der Waals surface area contributed by atoms with Crippen LogP contribution in [-0.2, 0) is 4.74 Å². The maximum atomic E-state index is 6.35. The molecule has 0 radical (unpaired) electrons. The quantitative estimate of drug-likeness (QED) is 0.152. The summed E-state index contributed by atoms with van der Waals surface area (Å²) in [5, 5.41) is 0. The lowest BCUT2D eigenvalue weighted by Gasteiger charge is -2.34. The number of piperidine rings is 1. The van der Waals surface area contributed by atoms with E-state index in [4.69, 9.17) is 4.74 Å². The van der Waals surface area contributed by atoms with Crippen LogP contribution in [0.3, 0.4) is 0 Å². The van der Waals surface area contributed by atoms with Crippen molar-refractivity contribution in [2.75, 3.05) is 26.2 Å². The molecule has 0 aromatic heterocycles. The Morgan fingerprint density at radius 2 is 1.09 bits per heavy atom. The van der Waals surface area contributed by atoms with Crippen LogP contribution in [0.1, 0.15) is 150 Å². The number of likely N-dealkylation sites (tertiary alicyclic amines) is 1. The van der Waals surface area contributed by atoms with Gasteiger partial charge in [-0.3, -0.25) is 0 Å². The van der Waals surface area contributed by atoms with Crippen LogP contribution in [-0.4, -0.2) is 37.2 Å². The SMILES string of the molecule is CCCCCCC(CCCC)CN1CCC(OCCCC(CCCC)CCCCC)CC1. The Hall–Kier alpha value is -0.0800. The minimum absolute atomic E-state index is 0.527. The highest BCUT2D eigenvalue weighted by Gasteiger charge is 2.22. The third kappa shape index (κ3) is 15.7. The van der Waals surface area contributed by atoms with Crippen molar-refractivity contribution in [3.05, 3.63) is 0 Å². The molecule has 0 aromatic carbocycles. The predicted octanol–water partition coefficient (Wildman–Crippen LogP) is 9.41. The van der Waals surface area contributed by atoms with E-state index in [2.05, 4.69) is 32.6 Å². The summed E-state index contributed by atoms with van der Waals surface area (Å²) < 4.78 is 6.35. The van der Waals surface area contributed by atoms with E-state index in [0.717, 1.165) is 18.4 Å². The Kier molecular flexibility index (Phi) is 20.1. The van der Waals surface area contributed by atoms with Crippen LogP contribution in [0, 0.1) is 11.8 Å². The van der Waals surface area contributed by atoms with E-state index >= 15 is 0 Å². The van der Waals surface area contributed by atoms with Crippen molar-refractivity contribution in [2.24, 2.45) is 11.8 Å². The second-order valence-electron chi connectivity index (χ2n) is 10.9. The first kappa shape index (κ1) is 30.0. The fourth-order valence-corrected chi connectivity index (χ4v) is 5.53. The van der Waals surface area contributed by atoms with Crippen LogP contribution < -0.4 is 0 Å².